The van der Waals surface area contributed by atoms with Crippen molar-refractivity contribution in [3.8, 4) is 17.2 Å². The molecule has 0 amide bonds. The zero-order chi connectivity index (χ0) is 25.1. The maximum Gasteiger partial charge on any atom is 0.336 e. The molecule has 0 heterocycles. The summed E-state index contributed by atoms with van der Waals surface area (Å²) < 4.78 is 16.4. The van der Waals surface area contributed by atoms with Gasteiger partial charge in [-0.25, -0.2) is 4.79 Å². The number of carbonyl (C=O) groups excluding carboxylic acids is 2. The fraction of sp³-hybridized carbons (Fsp3) is 0.467. The monoisotopic (exact) mass is 480 g/mol. The lowest BCUT2D eigenvalue weighted by Gasteiger charge is -2.06. The van der Waals surface area contributed by atoms with E-state index in [1.165, 1.54) is 38.2 Å². The van der Waals surface area contributed by atoms with E-state index in [1.807, 2.05) is 24.3 Å². The predicted molar refractivity (Wildman–Crippen MR) is 141 cm³/mol. The standard InChI is InChI=1S/C30H40O5/c1-3-5-7-9-10-12-24-33-26-17-14-25(15-18-26)16-23-30(32)35-28-21-19-27(20-22-28)34-29(31)13-11-8-6-4-2/h14-23H,3-13,24H2,1-2H3. The Morgan fingerprint density at radius 3 is 1.86 bits per heavy atom. The molecule has 0 saturated heterocycles. The minimum atomic E-state index is -0.478. The first kappa shape index (κ1) is 28.2. The Bertz CT molecular complexity index is 884. The van der Waals surface area contributed by atoms with Crippen LogP contribution >= 0.6 is 0 Å². The molecule has 0 spiro atoms. The molecule has 0 aliphatic heterocycles. The number of benzene rings is 2. The summed E-state index contributed by atoms with van der Waals surface area (Å²) in [6.07, 6.45) is 15.1. The number of hydrogen-bond donors (Lipinski definition) is 0. The normalized spacial score (nSPS) is 10.9. The van der Waals surface area contributed by atoms with Gasteiger partial charge in [-0.15, -0.1) is 0 Å². The Morgan fingerprint density at radius 2 is 1.20 bits per heavy atom. The van der Waals surface area contributed by atoms with Crippen molar-refractivity contribution in [3.05, 3.63) is 60.2 Å². The van der Waals surface area contributed by atoms with E-state index >= 15 is 0 Å². The highest BCUT2D eigenvalue weighted by atomic mass is 16.5. The van der Waals surface area contributed by atoms with E-state index in [0.29, 0.717) is 17.9 Å². The van der Waals surface area contributed by atoms with Gasteiger partial charge in [-0.05, 0) is 60.9 Å². The van der Waals surface area contributed by atoms with Crippen LogP contribution in [0.1, 0.15) is 90.0 Å². The minimum absolute atomic E-state index is 0.243. The van der Waals surface area contributed by atoms with E-state index in [9.17, 15) is 9.59 Å². The number of esters is 2. The first-order valence-electron chi connectivity index (χ1n) is 13.0. The van der Waals surface area contributed by atoms with Crippen LogP contribution in [0.4, 0.5) is 0 Å². The Balaban J connectivity index is 1.69. The summed E-state index contributed by atoms with van der Waals surface area (Å²) in [5.41, 5.74) is 0.884. The number of hydrogen-bond acceptors (Lipinski definition) is 5. The van der Waals surface area contributed by atoms with Crippen molar-refractivity contribution < 1.29 is 23.8 Å². The molecule has 0 atom stereocenters. The van der Waals surface area contributed by atoms with Crippen molar-refractivity contribution in [2.75, 3.05) is 6.61 Å². The fourth-order valence-electron chi connectivity index (χ4n) is 3.52. The summed E-state index contributed by atoms with van der Waals surface area (Å²) in [5, 5.41) is 0. The molecule has 0 fully saturated rings. The molecular formula is C30H40O5. The zero-order valence-corrected chi connectivity index (χ0v) is 21.3. The van der Waals surface area contributed by atoms with Crippen molar-refractivity contribution >= 4 is 18.0 Å². The summed E-state index contributed by atoms with van der Waals surface area (Å²) in [5.74, 6) is 0.946. The Kier molecular flexibility index (Phi) is 14.0. The molecule has 5 heteroatoms. The molecule has 0 N–H and O–H groups in total. The van der Waals surface area contributed by atoms with Crippen LogP contribution in [0, 0.1) is 0 Å². The van der Waals surface area contributed by atoms with Crippen molar-refractivity contribution in [2.45, 2.75) is 84.5 Å². The molecule has 2 aromatic carbocycles. The molecule has 5 nitrogen and oxygen atoms in total. The smallest absolute Gasteiger partial charge is 0.336 e. The molecule has 0 aliphatic carbocycles. The van der Waals surface area contributed by atoms with Gasteiger partial charge in [0.25, 0.3) is 0 Å². The minimum Gasteiger partial charge on any atom is -0.494 e. The molecule has 0 aromatic heterocycles. The second-order valence-corrected chi connectivity index (χ2v) is 8.70. The van der Waals surface area contributed by atoms with Crippen LogP contribution < -0.4 is 14.2 Å². The quantitative estimate of drug-likeness (QED) is 0.0996. The van der Waals surface area contributed by atoms with Crippen LogP contribution in [0.3, 0.4) is 0 Å². The topological polar surface area (TPSA) is 61.8 Å². The highest BCUT2D eigenvalue weighted by molar-refractivity contribution is 5.88. The van der Waals surface area contributed by atoms with Crippen LogP contribution in [-0.4, -0.2) is 18.5 Å². The average molecular weight is 481 g/mol. The third-order valence-corrected chi connectivity index (χ3v) is 5.57. The van der Waals surface area contributed by atoms with Crippen LogP contribution in [0.5, 0.6) is 17.2 Å². The largest absolute Gasteiger partial charge is 0.494 e. The van der Waals surface area contributed by atoms with Gasteiger partial charge in [0.05, 0.1) is 6.61 Å². The van der Waals surface area contributed by atoms with Crippen LogP contribution in [0.25, 0.3) is 6.08 Å². The van der Waals surface area contributed by atoms with Crippen LogP contribution in [0.15, 0.2) is 54.6 Å². The van der Waals surface area contributed by atoms with E-state index < -0.39 is 5.97 Å². The Morgan fingerprint density at radius 1 is 0.657 bits per heavy atom. The third-order valence-electron chi connectivity index (χ3n) is 5.57. The van der Waals surface area contributed by atoms with Gasteiger partial charge >= 0.3 is 11.9 Å². The number of rotatable bonds is 17. The van der Waals surface area contributed by atoms with E-state index in [1.54, 1.807) is 30.3 Å². The highest BCUT2D eigenvalue weighted by Crippen LogP contribution is 2.19. The SMILES string of the molecule is CCCCCCCCOc1ccc(C=CC(=O)Oc2ccc(OC(=O)CCCCCC)cc2)cc1. The van der Waals surface area contributed by atoms with E-state index in [-0.39, 0.29) is 5.97 Å². The first-order valence-corrected chi connectivity index (χ1v) is 13.0. The van der Waals surface area contributed by atoms with Gasteiger partial charge in [0.1, 0.15) is 17.2 Å². The fourth-order valence-corrected chi connectivity index (χ4v) is 3.52. The molecule has 0 bridgehead atoms. The molecular weight excluding hydrogens is 440 g/mol. The van der Waals surface area contributed by atoms with Crippen LogP contribution in [0.2, 0.25) is 0 Å². The van der Waals surface area contributed by atoms with Crippen molar-refractivity contribution in [2.24, 2.45) is 0 Å². The molecule has 35 heavy (non-hydrogen) atoms. The number of unbranched alkanes of at least 4 members (excludes halogenated alkanes) is 8. The van der Waals surface area contributed by atoms with Gasteiger partial charge in [0.15, 0.2) is 0 Å². The summed E-state index contributed by atoms with van der Waals surface area (Å²) >= 11 is 0. The van der Waals surface area contributed by atoms with Gasteiger partial charge in [0, 0.05) is 12.5 Å². The van der Waals surface area contributed by atoms with Gasteiger partial charge in [-0.2, -0.15) is 0 Å². The van der Waals surface area contributed by atoms with Crippen molar-refractivity contribution in [3.63, 3.8) is 0 Å². The van der Waals surface area contributed by atoms with Crippen molar-refractivity contribution in [1.82, 2.24) is 0 Å². The lowest BCUT2D eigenvalue weighted by atomic mass is 10.1. The lowest BCUT2D eigenvalue weighted by molar-refractivity contribution is -0.134. The van der Waals surface area contributed by atoms with E-state index in [2.05, 4.69) is 13.8 Å². The maximum atomic E-state index is 12.1. The summed E-state index contributed by atoms with van der Waals surface area (Å²) in [6, 6.07) is 14.1. The summed E-state index contributed by atoms with van der Waals surface area (Å²) in [4.78, 5) is 24.0. The number of carbonyl (C=O) groups is 2. The molecule has 0 unspecified atom stereocenters. The first-order chi connectivity index (χ1) is 17.1. The molecule has 2 rings (SSSR count). The second kappa shape index (κ2) is 17.4. The molecule has 2 aromatic rings. The highest BCUT2D eigenvalue weighted by Gasteiger charge is 2.06. The van der Waals surface area contributed by atoms with E-state index in [4.69, 9.17) is 14.2 Å². The van der Waals surface area contributed by atoms with Gasteiger partial charge in [-0.1, -0.05) is 77.3 Å². The third kappa shape index (κ3) is 12.8. The van der Waals surface area contributed by atoms with Gasteiger partial charge < -0.3 is 14.2 Å². The summed E-state index contributed by atoms with van der Waals surface area (Å²) in [6.45, 7) is 5.08. The molecule has 0 radical (unpaired) electrons. The number of ether oxygens (including phenoxy) is 3. The Hall–Kier alpha value is -3.08. The molecule has 190 valence electrons. The van der Waals surface area contributed by atoms with Crippen LogP contribution in [-0.2, 0) is 9.59 Å². The van der Waals surface area contributed by atoms with Gasteiger partial charge in [0.2, 0.25) is 0 Å². The Labute approximate surface area is 210 Å². The van der Waals surface area contributed by atoms with Crippen molar-refractivity contribution in [1.29, 1.82) is 0 Å². The molecule has 0 aliphatic rings. The summed E-state index contributed by atoms with van der Waals surface area (Å²) in [7, 11) is 0. The zero-order valence-electron chi connectivity index (χ0n) is 21.3. The van der Waals surface area contributed by atoms with E-state index in [0.717, 1.165) is 50.0 Å². The lowest BCUT2D eigenvalue weighted by Crippen LogP contribution is -2.07. The molecule has 0 saturated carbocycles. The maximum absolute atomic E-state index is 12.1. The van der Waals surface area contributed by atoms with Gasteiger partial charge in [-0.3, -0.25) is 4.79 Å². The average Bonchev–Trinajstić information content (AvgIpc) is 2.87. The second-order valence-electron chi connectivity index (χ2n) is 8.70. The predicted octanol–water partition coefficient (Wildman–Crippen LogP) is 7.92.